The standard InChI is InChI=1S/C14H20N4OS/c1-8(2)7-18-10(4)6-9(3)11(13(18)19)12-16-17-14(15-5)20-12/h6,8H,7H2,1-5H3,(H,15,17). The predicted molar refractivity (Wildman–Crippen MR) is 83.5 cm³/mol. The zero-order chi connectivity index (χ0) is 14.9. The molecule has 0 bridgehead atoms. The van der Waals surface area contributed by atoms with Crippen molar-refractivity contribution in [2.75, 3.05) is 12.4 Å². The zero-order valence-corrected chi connectivity index (χ0v) is 13.3. The fraction of sp³-hybridized carbons (Fsp3) is 0.500. The third-order valence-corrected chi connectivity index (χ3v) is 4.06. The summed E-state index contributed by atoms with van der Waals surface area (Å²) in [6.45, 7) is 8.85. The van der Waals surface area contributed by atoms with Crippen molar-refractivity contribution in [3.05, 3.63) is 27.7 Å². The Balaban J connectivity index is 2.61. The van der Waals surface area contributed by atoms with Crippen molar-refractivity contribution in [1.29, 1.82) is 0 Å². The molecule has 0 aromatic carbocycles. The van der Waals surface area contributed by atoms with Gasteiger partial charge >= 0.3 is 0 Å². The molecule has 2 aromatic heterocycles. The van der Waals surface area contributed by atoms with Crippen molar-refractivity contribution in [3.8, 4) is 10.6 Å². The second-order valence-corrected chi connectivity index (χ2v) is 6.29. The van der Waals surface area contributed by atoms with Gasteiger partial charge in [-0.3, -0.25) is 4.79 Å². The monoisotopic (exact) mass is 292 g/mol. The molecule has 0 fully saturated rings. The highest BCUT2D eigenvalue weighted by molar-refractivity contribution is 7.18. The van der Waals surface area contributed by atoms with Gasteiger partial charge in [-0.15, -0.1) is 10.2 Å². The van der Waals surface area contributed by atoms with E-state index in [9.17, 15) is 4.79 Å². The maximum Gasteiger partial charge on any atom is 0.261 e. The maximum atomic E-state index is 12.7. The van der Waals surface area contributed by atoms with Crippen LogP contribution in [0.1, 0.15) is 25.1 Å². The van der Waals surface area contributed by atoms with E-state index >= 15 is 0 Å². The van der Waals surface area contributed by atoms with E-state index < -0.39 is 0 Å². The number of aromatic nitrogens is 3. The van der Waals surface area contributed by atoms with Gasteiger partial charge in [-0.2, -0.15) is 0 Å². The quantitative estimate of drug-likeness (QED) is 0.941. The Kier molecular flexibility index (Phi) is 4.23. The molecule has 0 spiro atoms. The van der Waals surface area contributed by atoms with Gasteiger partial charge in [0.2, 0.25) is 5.13 Å². The molecule has 0 radical (unpaired) electrons. The smallest absolute Gasteiger partial charge is 0.261 e. The summed E-state index contributed by atoms with van der Waals surface area (Å²) in [5.74, 6) is 0.421. The van der Waals surface area contributed by atoms with E-state index in [2.05, 4.69) is 29.4 Å². The van der Waals surface area contributed by atoms with E-state index in [1.807, 2.05) is 24.5 Å². The highest BCUT2D eigenvalue weighted by Crippen LogP contribution is 2.26. The molecule has 0 aliphatic carbocycles. The normalized spacial score (nSPS) is 11.1. The van der Waals surface area contributed by atoms with Gasteiger partial charge in [-0.05, 0) is 31.4 Å². The van der Waals surface area contributed by atoms with Crippen LogP contribution in [0.2, 0.25) is 0 Å². The summed E-state index contributed by atoms with van der Waals surface area (Å²) in [6, 6.07) is 2.04. The predicted octanol–water partition coefficient (Wildman–Crippen LogP) is 2.68. The number of nitrogens with one attached hydrogen (secondary N) is 1. The molecule has 0 amide bonds. The second kappa shape index (κ2) is 5.75. The van der Waals surface area contributed by atoms with E-state index in [1.165, 1.54) is 11.3 Å². The van der Waals surface area contributed by atoms with Crippen LogP contribution in [0.5, 0.6) is 0 Å². The number of aryl methyl sites for hydroxylation is 2. The van der Waals surface area contributed by atoms with Crippen molar-refractivity contribution >= 4 is 16.5 Å². The van der Waals surface area contributed by atoms with Crippen LogP contribution < -0.4 is 10.9 Å². The zero-order valence-electron chi connectivity index (χ0n) is 12.5. The number of hydrogen-bond donors (Lipinski definition) is 1. The number of anilines is 1. The Bertz CT molecular complexity index is 672. The maximum absolute atomic E-state index is 12.7. The van der Waals surface area contributed by atoms with Crippen molar-refractivity contribution < 1.29 is 0 Å². The molecular weight excluding hydrogens is 272 g/mol. The molecule has 0 saturated heterocycles. The van der Waals surface area contributed by atoms with Gasteiger partial charge in [0, 0.05) is 19.3 Å². The molecule has 0 aliphatic heterocycles. The van der Waals surface area contributed by atoms with Crippen LogP contribution in [-0.2, 0) is 6.54 Å². The van der Waals surface area contributed by atoms with Crippen LogP contribution in [0.15, 0.2) is 10.9 Å². The van der Waals surface area contributed by atoms with E-state index in [4.69, 9.17) is 0 Å². The van der Waals surface area contributed by atoms with E-state index in [-0.39, 0.29) is 5.56 Å². The molecule has 2 heterocycles. The van der Waals surface area contributed by atoms with Gasteiger partial charge in [0.15, 0.2) is 5.01 Å². The Hall–Kier alpha value is -1.69. The average Bonchev–Trinajstić information content (AvgIpc) is 2.82. The first-order chi connectivity index (χ1) is 9.43. The number of pyridine rings is 1. The van der Waals surface area contributed by atoms with Crippen molar-refractivity contribution in [1.82, 2.24) is 14.8 Å². The Labute approximate surface area is 122 Å². The number of rotatable bonds is 4. The lowest BCUT2D eigenvalue weighted by atomic mass is 10.1. The van der Waals surface area contributed by atoms with Crippen molar-refractivity contribution in [2.24, 2.45) is 5.92 Å². The Morgan fingerprint density at radius 3 is 2.60 bits per heavy atom. The summed E-state index contributed by atoms with van der Waals surface area (Å²) in [4.78, 5) is 12.7. The first kappa shape index (κ1) is 14.7. The van der Waals surface area contributed by atoms with Crippen LogP contribution in [0.25, 0.3) is 10.6 Å². The highest BCUT2D eigenvalue weighted by Gasteiger charge is 2.16. The summed E-state index contributed by atoms with van der Waals surface area (Å²) >= 11 is 1.40. The summed E-state index contributed by atoms with van der Waals surface area (Å²) in [5.41, 5.74) is 2.62. The molecule has 2 rings (SSSR count). The molecule has 1 N–H and O–H groups in total. The second-order valence-electron chi connectivity index (χ2n) is 5.32. The highest BCUT2D eigenvalue weighted by atomic mass is 32.1. The lowest BCUT2D eigenvalue weighted by Gasteiger charge is -2.15. The Morgan fingerprint density at radius 2 is 2.05 bits per heavy atom. The molecular formula is C14H20N4OS. The van der Waals surface area contributed by atoms with Crippen molar-refractivity contribution in [2.45, 2.75) is 34.2 Å². The largest absolute Gasteiger partial charge is 0.363 e. The van der Waals surface area contributed by atoms with E-state index in [0.717, 1.165) is 22.9 Å². The van der Waals surface area contributed by atoms with Gasteiger partial charge in [0.25, 0.3) is 5.56 Å². The van der Waals surface area contributed by atoms with Crippen LogP contribution >= 0.6 is 11.3 Å². The molecule has 0 unspecified atom stereocenters. The summed E-state index contributed by atoms with van der Waals surface area (Å²) < 4.78 is 1.83. The average molecular weight is 292 g/mol. The van der Waals surface area contributed by atoms with Gasteiger partial charge in [0.05, 0.1) is 5.56 Å². The number of nitrogens with zero attached hydrogens (tertiary/aromatic N) is 3. The van der Waals surface area contributed by atoms with Gasteiger partial charge in [-0.25, -0.2) is 0 Å². The summed E-state index contributed by atoms with van der Waals surface area (Å²) in [5, 5.41) is 12.5. The molecule has 0 aliphatic rings. The van der Waals surface area contributed by atoms with Crippen LogP contribution in [0, 0.1) is 19.8 Å². The molecule has 2 aromatic rings. The third-order valence-electron chi connectivity index (χ3n) is 3.10. The lowest BCUT2D eigenvalue weighted by Crippen LogP contribution is -2.26. The molecule has 6 heteroatoms. The van der Waals surface area contributed by atoms with Gasteiger partial charge < -0.3 is 9.88 Å². The molecule has 108 valence electrons. The SMILES string of the molecule is CNc1nnc(-c2c(C)cc(C)n(CC(C)C)c2=O)s1. The lowest BCUT2D eigenvalue weighted by molar-refractivity contribution is 0.502. The third kappa shape index (κ3) is 2.75. The van der Waals surface area contributed by atoms with E-state index in [0.29, 0.717) is 16.5 Å². The summed E-state index contributed by atoms with van der Waals surface area (Å²) in [6.07, 6.45) is 0. The fourth-order valence-corrected chi connectivity index (χ4v) is 3.00. The first-order valence-electron chi connectivity index (χ1n) is 6.66. The molecule has 20 heavy (non-hydrogen) atoms. The minimum Gasteiger partial charge on any atom is -0.363 e. The van der Waals surface area contributed by atoms with Crippen molar-refractivity contribution in [3.63, 3.8) is 0 Å². The minimum atomic E-state index is 0.0232. The molecule has 0 saturated carbocycles. The topological polar surface area (TPSA) is 59.8 Å². The first-order valence-corrected chi connectivity index (χ1v) is 7.48. The molecule has 5 nitrogen and oxygen atoms in total. The van der Waals surface area contributed by atoms with Crippen LogP contribution in [0.4, 0.5) is 5.13 Å². The number of hydrogen-bond acceptors (Lipinski definition) is 5. The minimum absolute atomic E-state index is 0.0232. The molecule has 0 atom stereocenters. The van der Waals surface area contributed by atoms with Crippen LogP contribution in [0.3, 0.4) is 0 Å². The Morgan fingerprint density at radius 1 is 1.35 bits per heavy atom. The van der Waals surface area contributed by atoms with E-state index in [1.54, 1.807) is 7.05 Å². The van der Waals surface area contributed by atoms with Gasteiger partial charge in [0.1, 0.15) is 0 Å². The summed E-state index contributed by atoms with van der Waals surface area (Å²) in [7, 11) is 1.79. The fourth-order valence-electron chi connectivity index (χ4n) is 2.20. The van der Waals surface area contributed by atoms with Gasteiger partial charge in [-0.1, -0.05) is 25.2 Å². The van der Waals surface area contributed by atoms with Crippen LogP contribution in [-0.4, -0.2) is 21.8 Å².